The zero-order chi connectivity index (χ0) is 17.2. The molecule has 0 radical (unpaired) electrons. The predicted molar refractivity (Wildman–Crippen MR) is 93.0 cm³/mol. The quantitative estimate of drug-likeness (QED) is 0.727. The number of rotatable bonds is 3. The summed E-state index contributed by atoms with van der Waals surface area (Å²) >= 11 is 0. The highest BCUT2D eigenvalue weighted by Gasteiger charge is 2.25. The Morgan fingerprint density at radius 2 is 1.92 bits per heavy atom. The molecule has 4 rings (SSSR count). The SMILES string of the molecule is C[C@H]1CN(c2ncc(-c3cnccn3)c(-c3ccoc3)n2)C[C@H](C)O1. The molecule has 1 aliphatic heterocycles. The number of aromatic nitrogens is 4. The maximum atomic E-state index is 5.80. The summed E-state index contributed by atoms with van der Waals surface area (Å²) in [5, 5.41) is 0. The maximum Gasteiger partial charge on any atom is 0.226 e. The van der Waals surface area contributed by atoms with Crippen molar-refractivity contribution >= 4 is 5.95 Å². The molecule has 7 heteroatoms. The Hall–Kier alpha value is -2.80. The molecular formula is C18H19N5O2. The number of morpholine rings is 1. The van der Waals surface area contributed by atoms with Crippen LogP contribution in [0.25, 0.3) is 22.5 Å². The second-order valence-electron chi connectivity index (χ2n) is 6.20. The van der Waals surface area contributed by atoms with Crippen molar-refractivity contribution in [1.29, 1.82) is 0 Å². The molecule has 0 aliphatic carbocycles. The number of hydrogen-bond donors (Lipinski definition) is 0. The van der Waals surface area contributed by atoms with E-state index in [0.29, 0.717) is 5.95 Å². The Balaban J connectivity index is 1.78. The predicted octanol–water partition coefficient (Wildman–Crippen LogP) is 2.81. The van der Waals surface area contributed by atoms with Crippen LogP contribution < -0.4 is 4.90 Å². The number of furan rings is 1. The molecule has 128 valence electrons. The van der Waals surface area contributed by atoms with E-state index in [9.17, 15) is 0 Å². The second kappa shape index (κ2) is 6.60. The van der Waals surface area contributed by atoms with E-state index >= 15 is 0 Å². The fourth-order valence-corrected chi connectivity index (χ4v) is 3.11. The normalized spacial score (nSPS) is 20.6. The van der Waals surface area contributed by atoms with Gasteiger partial charge >= 0.3 is 0 Å². The Labute approximate surface area is 145 Å². The number of ether oxygens (including phenoxy) is 1. The summed E-state index contributed by atoms with van der Waals surface area (Å²) < 4.78 is 11.1. The minimum Gasteiger partial charge on any atom is -0.472 e. The van der Waals surface area contributed by atoms with Crippen LogP contribution in [0.1, 0.15) is 13.8 Å². The molecule has 4 heterocycles. The first-order valence-electron chi connectivity index (χ1n) is 8.27. The van der Waals surface area contributed by atoms with Crippen molar-refractivity contribution in [1.82, 2.24) is 19.9 Å². The van der Waals surface area contributed by atoms with E-state index in [1.54, 1.807) is 37.3 Å². The van der Waals surface area contributed by atoms with Crippen LogP contribution in [0.5, 0.6) is 0 Å². The van der Waals surface area contributed by atoms with Crippen molar-refractivity contribution in [3.8, 4) is 22.5 Å². The molecule has 0 amide bonds. The van der Waals surface area contributed by atoms with Crippen LogP contribution in [0.3, 0.4) is 0 Å². The van der Waals surface area contributed by atoms with E-state index in [1.807, 2.05) is 6.07 Å². The minimum atomic E-state index is 0.143. The monoisotopic (exact) mass is 337 g/mol. The van der Waals surface area contributed by atoms with E-state index in [2.05, 4.69) is 33.7 Å². The maximum absolute atomic E-state index is 5.80. The van der Waals surface area contributed by atoms with Crippen molar-refractivity contribution in [2.45, 2.75) is 26.1 Å². The van der Waals surface area contributed by atoms with Gasteiger partial charge in [-0.05, 0) is 19.9 Å². The highest BCUT2D eigenvalue weighted by atomic mass is 16.5. The summed E-state index contributed by atoms with van der Waals surface area (Å²) in [6.07, 6.45) is 10.4. The summed E-state index contributed by atoms with van der Waals surface area (Å²) in [6.45, 7) is 5.65. The summed E-state index contributed by atoms with van der Waals surface area (Å²) in [7, 11) is 0. The topological polar surface area (TPSA) is 77.2 Å². The van der Waals surface area contributed by atoms with Gasteiger partial charge in [-0.1, -0.05) is 0 Å². The smallest absolute Gasteiger partial charge is 0.226 e. The van der Waals surface area contributed by atoms with Gasteiger partial charge in [0.25, 0.3) is 0 Å². The largest absolute Gasteiger partial charge is 0.472 e. The molecule has 0 bridgehead atoms. The van der Waals surface area contributed by atoms with Crippen LogP contribution in [-0.4, -0.2) is 45.2 Å². The molecule has 0 N–H and O–H groups in total. The molecule has 0 unspecified atom stereocenters. The zero-order valence-corrected chi connectivity index (χ0v) is 14.2. The third-order valence-corrected chi connectivity index (χ3v) is 4.11. The van der Waals surface area contributed by atoms with Gasteiger partial charge in [0.1, 0.15) is 0 Å². The third-order valence-electron chi connectivity index (χ3n) is 4.11. The number of hydrogen-bond acceptors (Lipinski definition) is 7. The number of nitrogens with zero attached hydrogens (tertiary/aromatic N) is 5. The molecule has 0 spiro atoms. The van der Waals surface area contributed by atoms with Gasteiger partial charge in [-0.25, -0.2) is 9.97 Å². The zero-order valence-electron chi connectivity index (χ0n) is 14.2. The van der Waals surface area contributed by atoms with Gasteiger partial charge < -0.3 is 14.1 Å². The van der Waals surface area contributed by atoms with Gasteiger partial charge in [0.15, 0.2) is 0 Å². The van der Waals surface area contributed by atoms with Gasteiger partial charge in [-0.15, -0.1) is 0 Å². The van der Waals surface area contributed by atoms with Gasteiger partial charge in [0.05, 0.1) is 42.3 Å². The van der Waals surface area contributed by atoms with Gasteiger partial charge in [0.2, 0.25) is 5.95 Å². The van der Waals surface area contributed by atoms with E-state index in [1.165, 1.54) is 0 Å². The molecule has 2 atom stereocenters. The lowest BCUT2D eigenvalue weighted by atomic mass is 10.1. The molecule has 1 aliphatic rings. The van der Waals surface area contributed by atoms with Crippen molar-refractivity contribution < 1.29 is 9.15 Å². The summed E-state index contributed by atoms with van der Waals surface area (Å²) in [5.41, 5.74) is 3.23. The molecule has 0 saturated carbocycles. The standard InChI is InChI=1S/C18H19N5O2/c1-12-9-23(10-13(2)25-12)18-21-7-15(16-8-19-4-5-20-16)17(22-18)14-3-6-24-11-14/h3-8,11-13H,9-10H2,1-2H3/t12-,13-/m0/s1. The van der Waals surface area contributed by atoms with Gasteiger partial charge in [0, 0.05) is 42.8 Å². The fourth-order valence-electron chi connectivity index (χ4n) is 3.11. The van der Waals surface area contributed by atoms with Crippen LogP contribution in [0.15, 0.2) is 47.8 Å². The van der Waals surface area contributed by atoms with Crippen LogP contribution in [0, 0.1) is 0 Å². The average molecular weight is 337 g/mol. The van der Waals surface area contributed by atoms with E-state index in [0.717, 1.165) is 35.6 Å². The Kier molecular flexibility index (Phi) is 4.15. The van der Waals surface area contributed by atoms with Crippen LogP contribution >= 0.6 is 0 Å². The first-order valence-corrected chi connectivity index (χ1v) is 8.27. The summed E-state index contributed by atoms with van der Waals surface area (Å²) in [6, 6.07) is 1.89. The summed E-state index contributed by atoms with van der Waals surface area (Å²) in [5.74, 6) is 0.686. The molecule has 3 aromatic heterocycles. The fraction of sp³-hybridized carbons (Fsp3) is 0.333. The van der Waals surface area contributed by atoms with Crippen LogP contribution in [-0.2, 0) is 4.74 Å². The number of anilines is 1. The Bertz CT molecular complexity index is 828. The van der Waals surface area contributed by atoms with Crippen molar-refractivity contribution in [2.75, 3.05) is 18.0 Å². The van der Waals surface area contributed by atoms with Crippen LogP contribution in [0.2, 0.25) is 0 Å². The molecule has 25 heavy (non-hydrogen) atoms. The Morgan fingerprint density at radius 3 is 2.60 bits per heavy atom. The summed E-state index contributed by atoms with van der Waals surface area (Å²) in [4.78, 5) is 20.1. The van der Waals surface area contributed by atoms with E-state index < -0.39 is 0 Å². The lowest BCUT2D eigenvalue weighted by Gasteiger charge is -2.35. The van der Waals surface area contributed by atoms with Gasteiger partial charge in [-0.3, -0.25) is 9.97 Å². The van der Waals surface area contributed by atoms with E-state index in [4.69, 9.17) is 14.1 Å². The first-order chi connectivity index (χ1) is 12.2. The van der Waals surface area contributed by atoms with Gasteiger partial charge in [-0.2, -0.15) is 0 Å². The molecule has 1 saturated heterocycles. The Morgan fingerprint density at radius 1 is 1.08 bits per heavy atom. The van der Waals surface area contributed by atoms with Crippen LogP contribution in [0.4, 0.5) is 5.95 Å². The minimum absolute atomic E-state index is 0.143. The lowest BCUT2D eigenvalue weighted by Crippen LogP contribution is -2.46. The second-order valence-corrected chi connectivity index (χ2v) is 6.20. The highest BCUT2D eigenvalue weighted by molar-refractivity contribution is 5.78. The molecule has 1 fully saturated rings. The van der Waals surface area contributed by atoms with Crippen molar-refractivity contribution in [3.05, 3.63) is 43.4 Å². The lowest BCUT2D eigenvalue weighted by molar-refractivity contribution is -0.00571. The molecule has 3 aromatic rings. The van der Waals surface area contributed by atoms with E-state index in [-0.39, 0.29) is 12.2 Å². The average Bonchev–Trinajstić information content (AvgIpc) is 3.16. The van der Waals surface area contributed by atoms with Crippen molar-refractivity contribution in [3.63, 3.8) is 0 Å². The molecule has 7 nitrogen and oxygen atoms in total. The van der Waals surface area contributed by atoms with Crippen molar-refractivity contribution in [2.24, 2.45) is 0 Å². The third kappa shape index (κ3) is 3.23. The molecule has 0 aromatic carbocycles. The highest BCUT2D eigenvalue weighted by Crippen LogP contribution is 2.30. The molecular weight excluding hydrogens is 318 g/mol. The first kappa shape index (κ1) is 15.7.